The molecule has 1 aliphatic carbocycles. The van der Waals surface area contributed by atoms with Crippen LogP contribution < -0.4 is 5.32 Å². The van der Waals surface area contributed by atoms with Crippen molar-refractivity contribution in [3.05, 3.63) is 59.7 Å². The van der Waals surface area contributed by atoms with Crippen LogP contribution in [0.15, 0.2) is 53.4 Å². The molecular weight excluding hydrogens is 274 g/mol. The molecule has 0 aliphatic heterocycles. The highest BCUT2D eigenvalue weighted by Crippen LogP contribution is 2.47. The average Bonchev–Trinajstić information content (AvgIpc) is 2.72. The number of fused-ring (bicyclic) bond motifs is 1. The van der Waals surface area contributed by atoms with E-state index in [0.29, 0.717) is 6.04 Å². The van der Waals surface area contributed by atoms with E-state index in [-0.39, 0.29) is 5.41 Å². The summed E-state index contributed by atoms with van der Waals surface area (Å²) in [5, 5.41) is 3.82. The predicted octanol–water partition coefficient (Wildman–Crippen LogP) is 5.53. The monoisotopic (exact) mass is 297 g/mol. The Kier molecular flexibility index (Phi) is 3.99. The number of hydrogen-bond acceptors (Lipinski definition) is 2. The lowest BCUT2D eigenvalue weighted by Crippen LogP contribution is -2.24. The third-order valence-corrected chi connectivity index (χ3v) is 5.24. The van der Waals surface area contributed by atoms with E-state index < -0.39 is 0 Å². The predicted molar refractivity (Wildman–Crippen MR) is 93.1 cm³/mol. The van der Waals surface area contributed by atoms with E-state index in [1.54, 1.807) is 0 Å². The highest BCUT2D eigenvalue weighted by Gasteiger charge is 2.38. The van der Waals surface area contributed by atoms with E-state index in [0.717, 1.165) is 12.2 Å². The molecule has 1 unspecified atom stereocenters. The highest BCUT2D eigenvalue weighted by atomic mass is 32.2. The van der Waals surface area contributed by atoms with Gasteiger partial charge in [-0.3, -0.25) is 0 Å². The number of para-hydroxylation sites is 1. The van der Waals surface area contributed by atoms with Crippen LogP contribution in [0.5, 0.6) is 0 Å². The van der Waals surface area contributed by atoms with Crippen molar-refractivity contribution in [3.63, 3.8) is 0 Å². The minimum atomic E-state index is 0.244. The molecule has 0 saturated heterocycles. The Morgan fingerprint density at radius 2 is 1.81 bits per heavy atom. The molecule has 110 valence electrons. The standard InChI is InChI=1S/C19H23NS/c1-4-21-17-12-8-7-11-16(17)20-18-15-10-6-5-9-14(15)13-19(18,2)3/h5-12,18,20H,4,13H2,1-3H3. The summed E-state index contributed by atoms with van der Waals surface area (Å²) in [5.41, 5.74) is 4.45. The summed E-state index contributed by atoms with van der Waals surface area (Å²) in [7, 11) is 0. The van der Waals surface area contributed by atoms with Gasteiger partial charge in [-0.1, -0.05) is 57.2 Å². The van der Waals surface area contributed by atoms with Crippen LogP contribution >= 0.6 is 11.8 Å². The normalized spacial score (nSPS) is 19.3. The van der Waals surface area contributed by atoms with Gasteiger partial charge in [-0.15, -0.1) is 11.8 Å². The first kappa shape index (κ1) is 14.5. The number of rotatable bonds is 4. The molecule has 1 aliphatic rings. The molecular formula is C19H23NS. The summed E-state index contributed by atoms with van der Waals surface area (Å²) < 4.78 is 0. The Balaban J connectivity index is 1.94. The lowest BCUT2D eigenvalue weighted by molar-refractivity contribution is 0.337. The van der Waals surface area contributed by atoms with Gasteiger partial charge in [-0.2, -0.15) is 0 Å². The van der Waals surface area contributed by atoms with Gasteiger partial charge in [0, 0.05) is 10.6 Å². The number of nitrogens with one attached hydrogen (secondary N) is 1. The molecule has 0 spiro atoms. The maximum atomic E-state index is 3.82. The molecule has 0 bridgehead atoms. The zero-order valence-electron chi connectivity index (χ0n) is 13.0. The molecule has 0 heterocycles. The zero-order chi connectivity index (χ0) is 14.9. The van der Waals surface area contributed by atoms with E-state index in [4.69, 9.17) is 0 Å². The van der Waals surface area contributed by atoms with Crippen LogP contribution in [0.4, 0.5) is 5.69 Å². The van der Waals surface area contributed by atoms with Crippen molar-refractivity contribution in [1.82, 2.24) is 0 Å². The van der Waals surface area contributed by atoms with E-state index in [1.165, 1.54) is 21.7 Å². The van der Waals surface area contributed by atoms with E-state index in [2.05, 4.69) is 74.6 Å². The van der Waals surface area contributed by atoms with Crippen LogP contribution in [-0.4, -0.2) is 5.75 Å². The van der Waals surface area contributed by atoms with Crippen LogP contribution in [0.3, 0.4) is 0 Å². The van der Waals surface area contributed by atoms with Crippen molar-refractivity contribution in [1.29, 1.82) is 0 Å². The summed E-state index contributed by atoms with van der Waals surface area (Å²) in [6.07, 6.45) is 1.14. The van der Waals surface area contributed by atoms with Crippen LogP contribution in [0.1, 0.15) is 37.9 Å². The van der Waals surface area contributed by atoms with E-state index >= 15 is 0 Å². The third kappa shape index (κ3) is 2.82. The lowest BCUT2D eigenvalue weighted by atomic mass is 9.85. The van der Waals surface area contributed by atoms with Gasteiger partial charge >= 0.3 is 0 Å². The summed E-state index contributed by atoms with van der Waals surface area (Å²) in [6.45, 7) is 6.93. The van der Waals surface area contributed by atoms with Gasteiger partial charge in [0.25, 0.3) is 0 Å². The first-order valence-corrected chi connectivity index (χ1v) is 8.66. The highest BCUT2D eigenvalue weighted by molar-refractivity contribution is 7.99. The number of benzene rings is 2. The molecule has 0 aromatic heterocycles. The maximum absolute atomic E-state index is 3.82. The fraction of sp³-hybridized carbons (Fsp3) is 0.368. The molecule has 1 nitrogen and oxygen atoms in total. The molecule has 2 aromatic rings. The molecule has 0 radical (unpaired) electrons. The van der Waals surface area contributed by atoms with Gasteiger partial charge in [0.1, 0.15) is 0 Å². The number of thioether (sulfide) groups is 1. The van der Waals surface area contributed by atoms with Crippen molar-refractivity contribution in [2.75, 3.05) is 11.1 Å². The Morgan fingerprint density at radius 3 is 2.62 bits per heavy atom. The first-order chi connectivity index (χ1) is 10.1. The van der Waals surface area contributed by atoms with Crippen molar-refractivity contribution >= 4 is 17.4 Å². The van der Waals surface area contributed by atoms with Gasteiger partial charge in [0.2, 0.25) is 0 Å². The first-order valence-electron chi connectivity index (χ1n) is 7.68. The molecule has 0 saturated carbocycles. The van der Waals surface area contributed by atoms with Crippen LogP contribution in [0, 0.1) is 5.41 Å². The molecule has 0 amide bonds. The van der Waals surface area contributed by atoms with Crippen LogP contribution in [0.25, 0.3) is 0 Å². The molecule has 1 N–H and O–H groups in total. The van der Waals surface area contributed by atoms with Gasteiger partial charge < -0.3 is 5.32 Å². The smallest absolute Gasteiger partial charge is 0.0571 e. The molecule has 21 heavy (non-hydrogen) atoms. The summed E-state index contributed by atoms with van der Waals surface area (Å²) in [6, 6.07) is 17.9. The van der Waals surface area contributed by atoms with Crippen LogP contribution in [-0.2, 0) is 6.42 Å². The van der Waals surface area contributed by atoms with Crippen molar-refractivity contribution in [2.24, 2.45) is 5.41 Å². The molecule has 1 atom stereocenters. The summed E-state index contributed by atoms with van der Waals surface area (Å²) in [5.74, 6) is 1.10. The van der Waals surface area contributed by atoms with E-state index in [9.17, 15) is 0 Å². The van der Waals surface area contributed by atoms with E-state index in [1.807, 2.05) is 11.8 Å². The third-order valence-electron chi connectivity index (χ3n) is 4.28. The minimum absolute atomic E-state index is 0.244. The van der Waals surface area contributed by atoms with Crippen molar-refractivity contribution in [3.8, 4) is 0 Å². The van der Waals surface area contributed by atoms with Gasteiger partial charge in [-0.05, 0) is 40.8 Å². The SMILES string of the molecule is CCSc1ccccc1NC1c2ccccc2CC1(C)C. The lowest BCUT2D eigenvalue weighted by Gasteiger charge is -2.30. The van der Waals surface area contributed by atoms with Gasteiger partial charge in [-0.25, -0.2) is 0 Å². The summed E-state index contributed by atoms with van der Waals surface area (Å²) in [4.78, 5) is 1.35. The topological polar surface area (TPSA) is 12.0 Å². The molecule has 2 heteroatoms. The Hall–Kier alpha value is -1.41. The van der Waals surface area contributed by atoms with Crippen molar-refractivity contribution in [2.45, 2.75) is 38.1 Å². The maximum Gasteiger partial charge on any atom is 0.0571 e. The molecule has 0 fully saturated rings. The van der Waals surface area contributed by atoms with Crippen molar-refractivity contribution < 1.29 is 0 Å². The van der Waals surface area contributed by atoms with Gasteiger partial charge in [0.05, 0.1) is 6.04 Å². The zero-order valence-corrected chi connectivity index (χ0v) is 13.8. The van der Waals surface area contributed by atoms with Gasteiger partial charge in [0.15, 0.2) is 0 Å². The Bertz CT molecular complexity index is 633. The number of hydrogen-bond donors (Lipinski definition) is 1. The molecule has 2 aromatic carbocycles. The quantitative estimate of drug-likeness (QED) is 0.744. The average molecular weight is 297 g/mol. The summed E-state index contributed by atoms with van der Waals surface area (Å²) >= 11 is 1.90. The second-order valence-electron chi connectivity index (χ2n) is 6.37. The second-order valence-corrected chi connectivity index (χ2v) is 7.68. The fourth-order valence-corrected chi connectivity index (χ4v) is 4.05. The fourth-order valence-electron chi connectivity index (χ4n) is 3.29. The minimum Gasteiger partial charge on any atom is -0.377 e. The number of anilines is 1. The Labute approximate surface area is 132 Å². The second kappa shape index (κ2) is 5.76. The Morgan fingerprint density at radius 1 is 1.10 bits per heavy atom. The van der Waals surface area contributed by atoms with Crippen LogP contribution in [0.2, 0.25) is 0 Å². The largest absolute Gasteiger partial charge is 0.377 e. The molecule has 3 rings (SSSR count).